The van der Waals surface area contributed by atoms with Crippen LogP contribution in [-0.2, 0) is 26.5 Å². The summed E-state index contributed by atoms with van der Waals surface area (Å²) in [5.74, 6) is 6.96. The van der Waals surface area contributed by atoms with E-state index in [1.165, 1.54) is 27.7 Å². The van der Waals surface area contributed by atoms with Crippen LogP contribution in [0.5, 0.6) is 0 Å². The SMILES string of the molecule is CC(C)(C)Cc1ccnc(-c2[c-]ccc3c2oc2cc(-c4ccc(F)cc4)ccc23)c1.Cc1cc(-c2[c-]cccc2)nc[c]1[Ge]([CH3])([CH3])[CH3].[Ir]. The van der Waals surface area contributed by atoms with Gasteiger partial charge in [-0.05, 0) is 52.9 Å². The van der Waals surface area contributed by atoms with Crippen LogP contribution in [0.2, 0.25) is 17.3 Å². The Labute approximate surface area is 305 Å². The molecule has 251 valence electrons. The molecule has 7 rings (SSSR count). The molecule has 49 heavy (non-hydrogen) atoms. The van der Waals surface area contributed by atoms with Crippen molar-refractivity contribution < 1.29 is 28.9 Å². The van der Waals surface area contributed by atoms with Crippen molar-refractivity contribution in [2.24, 2.45) is 5.41 Å². The molecule has 0 aliphatic rings. The molecule has 3 aromatic heterocycles. The molecule has 4 aromatic carbocycles. The second-order valence-corrected chi connectivity index (χ2v) is 25.2. The van der Waals surface area contributed by atoms with E-state index in [-0.39, 0.29) is 31.3 Å². The van der Waals surface area contributed by atoms with Crippen LogP contribution in [0.1, 0.15) is 31.9 Å². The monoisotopic (exact) mass is 887 g/mol. The number of hydrogen-bond acceptors (Lipinski definition) is 3. The molecule has 0 N–H and O–H groups in total. The first-order valence-electron chi connectivity index (χ1n) is 16.4. The third-order valence-electron chi connectivity index (χ3n) is 8.33. The normalized spacial score (nSPS) is 11.6. The van der Waals surface area contributed by atoms with Gasteiger partial charge in [-0.15, -0.1) is 18.2 Å². The molecule has 0 amide bonds. The second-order valence-electron chi connectivity index (χ2n) is 14.6. The van der Waals surface area contributed by atoms with Gasteiger partial charge >= 0.3 is 106 Å². The number of halogens is 1. The maximum atomic E-state index is 13.3. The Hall–Kier alpha value is -3.90. The molecular formula is C43H41FGeIrN2O-2. The third kappa shape index (κ3) is 8.64. The molecule has 0 atom stereocenters. The van der Waals surface area contributed by atoms with Crippen molar-refractivity contribution in [3.8, 4) is 33.6 Å². The van der Waals surface area contributed by atoms with Gasteiger partial charge in [0, 0.05) is 31.7 Å². The topological polar surface area (TPSA) is 38.9 Å². The molecule has 0 unspecified atom stereocenters. The van der Waals surface area contributed by atoms with E-state index in [4.69, 9.17) is 4.42 Å². The minimum Gasteiger partial charge on any atom is 0 e. The molecule has 0 aliphatic heterocycles. The summed E-state index contributed by atoms with van der Waals surface area (Å²) in [6.07, 6.45) is 4.91. The summed E-state index contributed by atoms with van der Waals surface area (Å²) >= 11 is -1.77. The molecule has 0 saturated carbocycles. The van der Waals surface area contributed by atoms with Crippen molar-refractivity contribution in [2.45, 2.75) is 51.4 Å². The maximum absolute atomic E-state index is 13.3. The number of hydrogen-bond donors (Lipinski definition) is 0. The Balaban J connectivity index is 0.000000221. The fourth-order valence-electron chi connectivity index (χ4n) is 6.13. The summed E-state index contributed by atoms with van der Waals surface area (Å²) in [4.78, 5) is 9.20. The second kappa shape index (κ2) is 14.9. The molecule has 6 heteroatoms. The molecule has 1 radical (unpaired) electrons. The first-order chi connectivity index (χ1) is 22.9. The quantitative estimate of drug-likeness (QED) is 0.128. The van der Waals surface area contributed by atoms with Crippen LogP contribution in [0.3, 0.4) is 0 Å². The van der Waals surface area contributed by atoms with Crippen LogP contribution in [0.25, 0.3) is 55.6 Å². The van der Waals surface area contributed by atoms with Gasteiger partial charge in [-0.25, -0.2) is 4.39 Å². The molecule has 0 fully saturated rings. The zero-order valence-corrected chi connectivity index (χ0v) is 33.6. The number of furan rings is 1. The number of rotatable bonds is 5. The van der Waals surface area contributed by atoms with E-state index in [0.29, 0.717) is 0 Å². The van der Waals surface area contributed by atoms with Gasteiger partial charge in [0.1, 0.15) is 11.4 Å². The minimum absolute atomic E-state index is 0. The number of aryl methyl sites for hydroxylation is 1. The minimum atomic E-state index is -1.77. The fraction of sp³-hybridized carbons (Fsp3) is 0.209. The van der Waals surface area contributed by atoms with Crippen LogP contribution in [0.4, 0.5) is 4.39 Å². The van der Waals surface area contributed by atoms with E-state index in [0.717, 1.165) is 62.0 Å². The predicted octanol–water partition coefficient (Wildman–Crippen LogP) is 11.2. The molecular weight excluding hydrogens is 844 g/mol. The Bertz CT molecular complexity index is 2200. The van der Waals surface area contributed by atoms with E-state index < -0.39 is 13.3 Å². The number of benzene rings is 4. The van der Waals surface area contributed by atoms with Crippen molar-refractivity contribution in [3.05, 3.63) is 139 Å². The Morgan fingerprint density at radius 2 is 1.53 bits per heavy atom. The average molecular weight is 886 g/mol. The molecule has 3 nitrogen and oxygen atoms in total. The first-order valence-corrected chi connectivity index (χ1v) is 23.7. The Morgan fingerprint density at radius 3 is 2.20 bits per heavy atom. The van der Waals surface area contributed by atoms with E-state index in [9.17, 15) is 4.39 Å². The van der Waals surface area contributed by atoms with Crippen molar-refractivity contribution in [1.82, 2.24) is 9.97 Å². The van der Waals surface area contributed by atoms with Crippen LogP contribution in [0.15, 0.2) is 114 Å². The van der Waals surface area contributed by atoms with Gasteiger partial charge in [0.05, 0.1) is 5.58 Å². The van der Waals surface area contributed by atoms with E-state index in [1.807, 2.05) is 48.7 Å². The van der Waals surface area contributed by atoms with Crippen LogP contribution in [-0.4, -0.2) is 23.2 Å². The van der Waals surface area contributed by atoms with Gasteiger partial charge in [0.15, 0.2) is 0 Å². The van der Waals surface area contributed by atoms with Crippen molar-refractivity contribution >= 4 is 39.6 Å². The van der Waals surface area contributed by atoms with Gasteiger partial charge in [-0.2, -0.15) is 0 Å². The standard InChI is InChI=1S/C28H23FNO.C15H18GeN.Ir/c1-28(2,3)17-18-13-14-30-25(15-18)24-6-4-5-23-22-12-9-20(16-26(22)31-27(23)24)19-7-10-21(29)11-8-19;1-12-10-15(13-8-6-5-7-9-13)17-11-14(12)16(2,3)4;/h4-5,7-16H,17H2,1-3H3;5-8,10-11H,1-4H3;/q2*-1;. The van der Waals surface area contributed by atoms with Crippen LogP contribution < -0.4 is 4.40 Å². The van der Waals surface area contributed by atoms with Crippen LogP contribution in [0, 0.1) is 30.3 Å². The van der Waals surface area contributed by atoms with Crippen molar-refractivity contribution in [3.63, 3.8) is 0 Å². The zero-order chi connectivity index (χ0) is 34.1. The Morgan fingerprint density at radius 1 is 0.776 bits per heavy atom. The molecule has 0 saturated heterocycles. The fourth-order valence-corrected chi connectivity index (χ4v) is 9.71. The van der Waals surface area contributed by atoms with Crippen molar-refractivity contribution in [1.29, 1.82) is 0 Å². The van der Waals surface area contributed by atoms with Gasteiger partial charge < -0.3 is 9.40 Å². The van der Waals surface area contributed by atoms with Gasteiger partial charge in [-0.1, -0.05) is 67.6 Å². The molecule has 0 aliphatic carbocycles. The smallest absolute Gasteiger partial charge is 0 e. The summed E-state index contributed by atoms with van der Waals surface area (Å²) < 4.78 is 21.1. The van der Waals surface area contributed by atoms with Crippen LogP contribution >= 0.6 is 0 Å². The third-order valence-corrected chi connectivity index (χ3v) is 12.8. The average Bonchev–Trinajstić information content (AvgIpc) is 3.43. The largest absolute Gasteiger partial charge is 0 e. The number of aromatic nitrogens is 2. The number of pyridine rings is 2. The van der Waals surface area contributed by atoms with E-state index in [2.05, 4.69) is 104 Å². The van der Waals surface area contributed by atoms with Crippen molar-refractivity contribution in [2.75, 3.05) is 0 Å². The molecule has 7 aromatic rings. The maximum Gasteiger partial charge on any atom is 0 e. The summed E-state index contributed by atoms with van der Waals surface area (Å²) in [5, 5.41) is 2.08. The predicted molar refractivity (Wildman–Crippen MR) is 201 cm³/mol. The van der Waals surface area contributed by atoms with E-state index in [1.54, 1.807) is 12.1 Å². The summed E-state index contributed by atoms with van der Waals surface area (Å²) in [6.45, 7) is 8.90. The summed E-state index contributed by atoms with van der Waals surface area (Å²) in [6, 6.07) is 37.5. The molecule has 0 bridgehead atoms. The number of nitrogens with zero attached hydrogens (tertiary/aromatic N) is 2. The Kier molecular flexibility index (Phi) is 11.1. The summed E-state index contributed by atoms with van der Waals surface area (Å²) in [5.41, 5.74) is 10.2. The zero-order valence-electron chi connectivity index (χ0n) is 29.1. The van der Waals surface area contributed by atoms with E-state index >= 15 is 0 Å². The van der Waals surface area contributed by atoms with Gasteiger partial charge in [0.25, 0.3) is 0 Å². The summed E-state index contributed by atoms with van der Waals surface area (Å²) in [7, 11) is 0. The molecule has 0 spiro atoms. The van der Waals surface area contributed by atoms with Gasteiger partial charge in [-0.3, -0.25) is 0 Å². The number of fused-ring (bicyclic) bond motifs is 3. The molecule has 3 heterocycles. The van der Waals surface area contributed by atoms with Gasteiger partial charge in [0.2, 0.25) is 0 Å². The first kappa shape index (κ1) is 36.4.